The molecule has 29 heavy (non-hydrogen) atoms. The van der Waals surface area contributed by atoms with Gasteiger partial charge in [0.2, 0.25) is 0 Å². The maximum Gasteiger partial charge on any atom is 0.416 e. The third kappa shape index (κ3) is 4.27. The number of aryl methyl sites for hydroxylation is 1. The number of piperazine rings is 1. The van der Waals surface area contributed by atoms with Crippen LogP contribution in [0, 0.1) is 6.92 Å². The summed E-state index contributed by atoms with van der Waals surface area (Å²) in [4.78, 5) is 21.1. The van der Waals surface area contributed by atoms with Gasteiger partial charge in [-0.05, 0) is 42.3 Å². The molecule has 3 aromatic rings. The zero-order valence-corrected chi connectivity index (χ0v) is 16.0. The quantitative estimate of drug-likeness (QED) is 0.672. The first-order valence-electron chi connectivity index (χ1n) is 9.43. The summed E-state index contributed by atoms with van der Waals surface area (Å²) in [5.41, 5.74) is 2.44. The fraction of sp³-hybridized carbons (Fsp3) is 0.333. The summed E-state index contributed by atoms with van der Waals surface area (Å²) in [6.07, 6.45) is -0.691. The van der Waals surface area contributed by atoms with Crippen molar-refractivity contribution in [1.82, 2.24) is 19.2 Å². The van der Waals surface area contributed by atoms with Gasteiger partial charge in [-0.1, -0.05) is 12.1 Å². The Balaban J connectivity index is 1.35. The summed E-state index contributed by atoms with van der Waals surface area (Å²) >= 11 is 0. The van der Waals surface area contributed by atoms with Crippen LogP contribution in [0.15, 0.2) is 48.8 Å². The van der Waals surface area contributed by atoms with Gasteiger partial charge in [0.05, 0.1) is 5.56 Å². The summed E-state index contributed by atoms with van der Waals surface area (Å²) in [7, 11) is 0. The van der Waals surface area contributed by atoms with E-state index in [1.54, 1.807) is 11.1 Å². The van der Waals surface area contributed by atoms with Crippen LogP contribution in [0.5, 0.6) is 0 Å². The van der Waals surface area contributed by atoms with Gasteiger partial charge in [-0.3, -0.25) is 9.69 Å². The van der Waals surface area contributed by atoms with Crippen molar-refractivity contribution in [2.75, 3.05) is 26.2 Å². The number of aromatic nitrogens is 2. The van der Waals surface area contributed by atoms with E-state index in [0.29, 0.717) is 38.4 Å². The predicted molar refractivity (Wildman–Crippen MR) is 103 cm³/mol. The van der Waals surface area contributed by atoms with Crippen molar-refractivity contribution in [3.8, 4) is 0 Å². The lowest BCUT2D eigenvalue weighted by atomic mass is 10.1. The molecule has 1 aliphatic heterocycles. The molecule has 1 amide bonds. The van der Waals surface area contributed by atoms with E-state index < -0.39 is 11.7 Å². The van der Waals surface area contributed by atoms with Crippen molar-refractivity contribution >= 4 is 11.6 Å². The van der Waals surface area contributed by atoms with E-state index in [9.17, 15) is 18.0 Å². The number of hydrogen-bond donors (Lipinski definition) is 0. The van der Waals surface area contributed by atoms with E-state index in [0.717, 1.165) is 28.9 Å². The highest BCUT2D eigenvalue weighted by Gasteiger charge is 2.30. The molecule has 1 aromatic carbocycles. The SMILES string of the molecule is Cc1ccn2cc(C(=O)N3CCN(Cc4ccc(C(F)(F)F)cc4)CC3)nc2c1. The van der Waals surface area contributed by atoms with Gasteiger partial charge in [-0.2, -0.15) is 13.2 Å². The van der Waals surface area contributed by atoms with Gasteiger partial charge in [-0.15, -0.1) is 0 Å². The number of nitrogens with zero attached hydrogens (tertiary/aromatic N) is 4. The number of carbonyl (C=O) groups excluding carboxylic acids is 1. The molecular weight excluding hydrogens is 381 g/mol. The number of fused-ring (bicyclic) bond motifs is 1. The second kappa shape index (κ2) is 7.51. The van der Waals surface area contributed by atoms with E-state index in [-0.39, 0.29) is 5.91 Å². The Morgan fingerprint density at radius 2 is 1.76 bits per heavy atom. The lowest BCUT2D eigenvalue weighted by molar-refractivity contribution is -0.137. The van der Waals surface area contributed by atoms with E-state index in [2.05, 4.69) is 9.88 Å². The number of halogens is 3. The van der Waals surface area contributed by atoms with Crippen LogP contribution in [-0.2, 0) is 12.7 Å². The van der Waals surface area contributed by atoms with E-state index >= 15 is 0 Å². The summed E-state index contributed by atoms with van der Waals surface area (Å²) in [5.74, 6) is -0.0967. The fourth-order valence-corrected chi connectivity index (χ4v) is 3.52. The normalized spacial score (nSPS) is 15.8. The number of benzene rings is 1. The molecule has 8 heteroatoms. The van der Waals surface area contributed by atoms with Crippen molar-refractivity contribution in [3.05, 3.63) is 71.2 Å². The maximum absolute atomic E-state index is 12.8. The fourth-order valence-electron chi connectivity index (χ4n) is 3.52. The summed E-state index contributed by atoms with van der Waals surface area (Å²) in [5, 5.41) is 0. The van der Waals surface area contributed by atoms with Crippen molar-refractivity contribution in [2.24, 2.45) is 0 Å². The molecule has 1 aliphatic rings. The second-order valence-corrected chi connectivity index (χ2v) is 7.36. The minimum absolute atomic E-state index is 0.0967. The Morgan fingerprint density at radius 3 is 2.41 bits per heavy atom. The van der Waals surface area contributed by atoms with Gasteiger partial charge in [0, 0.05) is 45.1 Å². The van der Waals surface area contributed by atoms with Crippen LogP contribution in [0.25, 0.3) is 5.65 Å². The molecule has 3 heterocycles. The molecule has 0 saturated carbocycles. The van der Waals surface area contributed by atoms with Crippen LogP contribution in [0.3, 0.4) is 0 Å². The first-order valence-corrected chi connectivity index (χ1v) is 9.43. The Morgan fingerprint density at radius 1 is 1.07 bits per heavy atom. The highest BCUT2D eigenvalue weighted by Crippen LogP contribution is 2.29. The number of pyridine rings is 1. The van der Waals surface area contributed by atoms with Crippen LogP contribution in [-0.4, -0.2) is 51.3 Å². The predicted octanol–water partition coefficient (Wildman–Crippen LogP) is 3.62. The first-order chi connectivity index (χ1) is 13.8. The van der Waals surface area contributed by atoms with Crippen LogP contribution < -0.4 is 0 Å². The molecule has 0 aliphatic carbocycles. The molecule has 2 aromatic heterocycles. The molecule has 0 N–H and O–H groups in total. The first kappa shape index (κ1) is 19.4. The highest BCUT2D eigenvalue weighted by molar-refractivity contribution is 5.93. The topological polar surface area (TPSA) is 40.9 Å². The summed E-state index contributed by atoms with van der Waals surface area (Å²) in [6, 6.07) is 9.14. The number of hydrogen-bond acceptors (Lipinski definition) is 3. The zero-order chi connectivity index (χ0) is 20.6. The van der Waals surface area contributed by atoms with Crippen molar-refractivity contribution in [2.45, 2.75) is 19.6 Å². The standard InChI is InChI=1S/C21H21F3N4O/c1-15-6-7-28-14-18(25-19(28)12-15)20(29)27-10-8-26(9-11-27)13-16-2-4-17(5-3-16)21(22,23)24/h2-7,12,14H,8-11,13H2,1H3. The largest absolute Gasteiger partial charge is 0.416 e. The van der Waals surface area contributed by atoms with Gasteiger partial charge in [0.25, 0.3) is 5.91 Å². The minimum atomic E-state index is -4.32. The van der Waals surface area contributed by atoms with Crippen molar-refractivity contribution in [1.29, 1.82) is 0 Å². The third-order valence-corrected chi connectivity index (χ3v) is 5.18. The average molecular weight is 402 g/mol. The number of amides is 1. The molecule has 5 nitrogen and oxygen atoms in total. The molecule has 1 fully saturated rings. The molecule has 0 atom stereocenters. The molecule has 152 valence electrons. The van der Waals surface area contributed by atoms with Crippen molar-refractivity contribution in [3.63, 3.8) is 0 Å². The summed E-state index contributed by atoms with van der Waals surface area (Å²) in [6.45, 7) is 5.00. The van der Waals surface area contributed by atoms with Crippen LogP contribution in [0.2, 0.25) is 0 Å². The molecule has 4 rings (SSSR count). The number of rotatable bonds is 3. The Labute approximate surface area is 166 Å². The van der Waals surface area contributed by atoms with Crippen LogP contribution in [0.1, 0.15) is 27.2 Å². The molecular formula is C21H21F3N4O. The van der Waals surface area contributed by atoms with Crippen LogP contribution >= 0.6 is 0 Å². The Kier molecular flexibility index (Phi) is 5.04. The number of alkyl halides is 3. The van der Waals surface area contributed by atoms with Gasteiger partial charge in [0.15, 0.2) is 0 Å². The lowest BCUT2D eigenvalue weighted by Crippen LogP contribution is -2.48. The van der Waals surface area contributed by atoms with E-state index in [1.165, 1.54) is 12.1 Å². The highest BCUT2D eigenvalue weighted by atomic mass is 19.4. The number of imidazole rings is 1. The van der Waals surface area contributed by atoms with Crippen LogP contribution in [0.4, 0.5) is 13.2 Å². The van der Waals surface area contributed by atoms with Gasteiger partial charge < -0.3 is 9.30 Å². The molecule has 0 spiro atoms. The molecule has 1 saturated heterocycles. The van der Waals surface area contributed by atoms with Crippen molar-refractivity contribution < 1.29 is 18.0 Å². The number of carbonyl (C=O) groups is 1. The zero-order valence-electron chi connectivity index (χ0n) is 16.0. The Bertz CT molecular complexity index is 1020. The average Bonchev–Trinajstić information content (AvgIpc) is 3.11. The van der Waals surface area contributed by atoms with Gasteiger partial charge in [-0.25, -0.2) is 4.98 Å². The summed E-state index contributed by atoms with van der Waals surface area (Å²) < 4.78 is 39.8. The molecule has 0 radical (unpaired) electrons. The molecule has 0 unspecified atom stereocenters. The van der Waals surface area contributed by atoms with Gasteiger partial charge >= 0.3 is 6.18 Å². The van der Waals surface area contributed by atoms with E-state index in [4.69, 9.17) is 0 Å². The monoisotopic (exact) mass is 402 g/mol. The maximum atomic E-state index is 12.8. The Hall–Kier alpha value is -2.87. The molecule has 0 bridgehead atoms. The third-order valence-electron chi connectivity index (χ3n) is 5.18. The smallest absolute Gasteiger partial charge is 0.335 e. The second-order valence-electron chi connectivity index (χ2n) is 7.36. The van der Waals surface area contributed by atoms with E-state index in [1.807, 2.05) is 29.7 Å². The lowest BCUT2D eigenvalue weighted by Gasteiger charge is -2.34. The minimum Gasteiger partial charge on any atom is -0.335 e. The van der Waals surface area contributed by atoms with Gasteiger partial charge in [0.1, 0.15) is 11.3 Å².